The van der Waals surface area contributed by atoms with Gasteiger partial charge >= 0.3 is 6.18 Å². The number of hydrogen-bond acceptors (Lipinski definition) is 4. The van der Waals surface area contributed by atoms with E-state index in [0.29, 0.717) is 16.9 Å². The lowest BCUT2D eigenvalue weighted by molar-refractivity contribution is -0.136. The van der Waals surface area contributed by atoms with Crippen LogP contribution in [0.4, 0.5) is 23.2 Å². The zero-order valence-electron chi connectivity index (χ0n) is 18.1. The van der Waals surface area contributed by atoms with Crippen LogP contribution in [0.25, 0.3) is 11.0 Å². The van der Waals surface area contributed by atoms with Crippen LogP contribution < -0.4 is 5.32 Å². The van der Waals surface area contributed by atoms with Gasteiger partial charge in [0.25, 0.3) is 0 Å². The van der Waals surface area contributed by atoms with Crippen molar-refractivity contribution < 1.29 is 22.4 Å². The zero-order chi connectivity index (χ0) is 24.0. The lowest BCUT2D eigenvalue weighted by Gasteiger charge is -2.11. The molecule has 0 aliphatic heterocycles. The Labute approximate surface area is 191 Å². The topological polar surface area (TPSA) is 77.6 Å². The van der Waals surface area contributed by atoms with E-state index in [1.807, 2.05) is 0 Å². The molecule has 0 saturated heterocycles. The maximum absolute atomic E-state index is 13.9. The smallest absolute Gasteiger partial charge is 0.322 e. The van der Waals surface area contributed by atoms with Crippen molar-refractivity contribution in [3.8, 4) is 0 Å². The summed E-state index contributed by atoms with van der Waals surface area (Å²) in [6, 6.07) is 7.40. The van der Waals surface area contributed by atoms with Crippen molar-refractivity contribution >= 4 is 22.6 Å². The first-order valence-corrected chi connectivity index (χ1v) is 10.7. The van der Waals surface area contributed by atoms with Crippen LogP contribution in [-0.2, 0) is 24.1 Å². The predicted octanol–water partition coefficient (Wildman–Crippen LogP) is 4.66. The molecule has 1 N–H and O–H groups in total. The van der Waals surface area contributed by atoms with Gasteiger partial charge in [-0.3, -0.25) is 9.48 Å². The first kappa shape index (κ1) is 22.1. The van der Waals surface area contributed by atoms with E-state index in [0.717, 1.165) is 18.9 Å². The Morgan fingerprint density at radius 2 is 2.00 bits per heavy atom. The summed E-state index contributed by atoms with van der Waals surface area (Å²) in [4.78, 5) is 17.1. The van der Waals surface area contributed by atoms with Gasteiger partial charge in [0, 0.05) is 23.4 Å². The molecular weight excluding hydrogens is 452 g/mol. The molecule has 176 valence electrons. The van der Waals surface area contributed by atoms with Gasteiger partial charge in [-0.1, -0.05) is 18.2 Å². The van der Waals surface area contributed by atoms with E-state index >= 15 is 0 Å². The summed E-state index contributed by atoms with van der Waals surface area (Å²) in [6.07, 6.45) is -0.0164. The Kier molecular flexibility index (Phi) is 5.34. The van der Waals surface area contributed by atoms with Gasteiger partial charge < -0.3 is 5.32 Å². The van der Waals surface area contributed by atoms with Gasteiger partial charge in [-0.2, -0.15) is 23.4 Å². The Bertz CT molecular complexity index is 1390. The van der Waals surface area contributed by atoms with Crippen molar-refractivity contribution in [3.63, 3.8) is 0 Å². The largest absolute Gasteiger partial charge is 0.417 e. The zero-order valence-corrected chi connectivity index (χ0v) is 18.1. The molecule has 1 aromatic carbocycles. The van der Waals surface area contributed by atoms with Crippen molar-refractivity contribution in [2.75, 3.05) is 5.32 Å². The third-order valence-electron chi connectivity index (χ3n) is 5.70. The normalized spacial score (nSPS) is 14.0. The highest BCUT2D eigenvalue weighted by molar-refractivity contribution is 5.91. The highest BCUT2D eigenvalue weighted by Crippen LogP contribution is 2.43. The number of fused-ring (bicyclic) bond motifs is 1. The van der Waals surface area contributed by atoms with Crippen LogP contribution in [0.15, 0.2) is 42.7 Å². The van der Waals surface area contributed by atoms with Crippen LogP contribution in [0.5, 0.6) is 0 Å². The van der Waals surface area contributed by atoms with Crippen molar-refractivity contribution in [2.45, 2.75) is 44.9 Å². The fourth-order valence-corrected chi connectivity index (χ4v) is 3.95. The molecule has 1 saturated carbocycles. The fraction of sp³-hybridized carbons (Fsp3) is 0.304. The molecule has 1 aliphatic carbocycles. The van der Waals surface area contributed by atoms with Crippen molar-refractivity contribution in [1.29, 1.82) is 0 Å². The molecule has 7 nitrogen and oxygen atoms in total. The number of anilines is 1. The Hall–Kier alpha value is -3.76. The number of hydrogen-bond donors (Lipinski definition) is 1. The average molecular weight is 472 g/mol. The summed E-state index contributed by atoms with van der Waals surface area (Å²) in [6.45, 7) is 1.33. The number of rotatable bonds is 6. The summed E-state index contributed by atoms with van der Waals surface area (Å²) >= 11 is 0. The molecule has 0 bridgehead atoms. The maximum Gasteiger partial charge on any atom is 0.417 e. The van der Waals surface area contributed by atoms with E-state index in [1.54, 1.807) is 24.4 Å². The molecule has 1 aliphatic rings. The minimum atomic E-state index is -4.56. The monoisotopic (exact) mass is 472 g/mol. The molecule has 4 aromatic rings. The maximum atomic E-state index is 13.9. The van der Waals surface area contributed by atoms with Gasteiger partial charge in [-0.05, 0) is 31.9 Å². The number of halogens is 4. The fourth-order valence-electron chi connectivity index (χ4n) is 3.95. The predicted molar refractivity (Wildman–Crippen MR) is 116 cm³/mol. The Morgan fingerprint density at radius 3 is 2.71 bits per heavy atom. The lowest BCUT2D eigenvalue weighted by Crippen LogP contribution is -2.20. The molecular formula is C23H20F4N6O. The highest BCUT2D eigenvalue weighted by Gasteiger charge is 2.37. The first-order chi connectivity index (χ1) is 16.2. The average Bonchev–Trinajstić information content (AvgIpc) is 3.47. The second-order valence-corrected chi connectivity index (χ2v) is 8.37. The molecule has 0 atom stereocenters. The van der Waals surface area contributed by atoms with Crippen molar-refractivity contribution in [2.24, 2.45) is 0 Å². The van der Waals surface area contributed by atoms with Gasteiger partial charge in [0.1, 0.15) is 12.4 Å². The van der Waals surface area contributed by atoms with Crippen LogP contribution in [0.1, 0.15) is 41.3 Å². The molecule has 34 heavy (non-hydrogen) atoms. The molecule has 1 amide bonds. The van der Waals surface area contributed by atoms with E-state index in [2.05, 4.69) is 20.5 Å². The second-order valence-electron chi connectivity index (χ2n) is 8.37. The van der Waals surface area contributed by atoms with E-state index in [9.17, 15) is 22.4 Å². The number of nitrogens with zero attached hydrogens (tertiary/aromatic N) is 5. The SMILES string of the molecule is Cc1nn(CC(=O)Nc2cnn(Cc3ccccc3F)c2)c2nc(C3CC3)cc(C(F)(F)F)c12. The Morgan fingerprint density at radius 1 is 1.24 bits per heavy atom. The molecule has 1 fully saturated rings. The van der Waals surface area contributed by atoms with Gasteiger partial charge in [0.05, 0.1) is 35.1 Å². The van der Waals surface area contributed by atoms with Crippen molar-refractivity contribution in [1.82, 2.24) is 24.5 Å². The van der Waals surface area contributed by atoms with E-state index < -0.39 is 17.6 Å². The molecule has 0 radical (unpaired) electrons. The molecule has 5 rings (SSSR count). The number of carbonyl (C=O) groups excluding carboxylic acids is 1. The molecule has 11 heteroatoms. The summed E-state index contributed by atoms with van der Waals surface area (Å²) in [5, 5.41) is 10.8. The molecule has 0 spiro atoms. The van der Waals surface area contributed by atoms with Gasteiger partial charge in [0.2, 0.25) is 5.91 Å². The molecule has 0 unspecified atom stereocenters. The van der Waals surface area contributed by atoms with E-state index in [-0.39, 0.29) is 41.6 Å². The number of carbonyl (C=O) groups is 1. The number of aromatic nitrogens is 5. The standard InChI is InChI=1S/C23H20F4N6O/c1-13-21-17(23(25,26)27)8-19(14-6-7-14)30-22(21)33(31-13)12-20(34)29-16-9-28-32(11-16)10-15-4-2-3-5-18(15)24/h2-5,8-9,11,14H,6-7,10,12H2,1H3,(H,29,34). The molecule has 3 aromatic heterocycles. The quantitative estimate of drug-likeness (QED) is 0.414. The van der Waals surface area contributed by atoms with E-state index in [4.69, 9.17) is 0 Å². The van der Waals surface area contributed by atoms with Crippen LogP contribution >= 0.6 is 0 Å². The van der Waals surface area contributed by atoms with Crippen LogP contribution in [0, 0.1) is 12.7 Å². The van der Waals surface area contributed by atoms with Crippen molar-refractivity contribution in [3.05, 3.63) is 71.1 Å². The minimum absolute atomic E-state index is 0.00303. The van der Waals surface area contributed by atoms with Gasteiger partial charge in [-0.25, -0.2) is 14.1 Å². The first-order valence-electron chi connectivity index (χ1n) is 10.7. The second kappa shape index (κ2) is 8.23. The summed E-state index contributed by atoms with van der Waals surface area (Å²) in [5.74, 6) is -0.855. The van der Waals surface area contributed by atoms with Gasteiger partial charge in [0.15, 0.2) is 5.65 Å². The lowest BCUT2D eigenvalue weighted by atomic mass is 10.1. The minimum Gasteiger partial charge on any atom is -0.322 e. The number of aryl methyl sites for hydroxylation is 1. The third-order valence-corrected chi connectivity index (χ3v) is 5.70. The van der Waals surface area contributed by atoms with Gasteiger partial charge in [-0.15, -0.1) is 0 Å². The Balaban J connectivity index is 1.37. The van der Waals surface area contributed by atoms with E-state index in [1.165, 1.54) is 28.6 Å². The highest BCUT2D eigenvalue weighted by atomic mass is 19.4. The third kappa shape index (κ3) is 4.37. The number of benzene rings is 1. The van der Waals surface area contributed by atoms with Crippen LogP contribution in [-0.4, -0.2) is 30.5 Å². The number of pyridine rings is 1. The summed E-state index contributed by atoms with van der Waals surface area (Å²) in [7, 11) is 0. The number of amides is 1. The number of nitrogens with one attached hydrogen (secondary N) is 1. The van der Waals surface area contributed by atoms with Crippen LogP contribution in [0.3, 0.4) is 0 Å². The molecule has 3 heterocycles. The van der Waals surface area contributed by atoms with Crippen LogP contribution in [0.2, 0.25) is 0 Å². The summed E-state index contributed by atoms with van der Waals surface area (Å²) in [5.41, 5.74) is 0.605. The number of alkyl halides is 3. The summed E-state index contributed by atoms with van der Waals surface area (Å²) < 4.78 is 57.7.